The van der Waals surface area contributed by atoms with Crippen LogP contribution in [0.5, 0.6) is 0 Å². The highest BCUT2D eigenvalue weighted by molar-refractivity contribution is 5.95. The minimum Gasteiger partial charge on any atom is -0.394 e. The van der Waals surface area contributed by atoms with E-state index in [1.165, 1.54) is 0 Å². The Morgan fingerprint density at radius 3 is 2.40 bits per heavy atom. The van der Waals surface area contributed by atoms with Gasteiger partial charge in [-0.2, -0.15) is 0 Å². The van der Waals surface area contributed by atoms with Gasteiger partial charge in [-0.1, -0.05) is 20.8 Å². The molecule has 5 rings (SSSR count). The third-order valence-electron chi connectivity index (χ3n) is 12.6. The second-order valence-electron chi connectivity index (χ2n) is 15.6. The lowest BCUT2D eigenvalue weighted by Gasteiger charge is -2.60. The molecular weight excluding hydrogens is 556 g/mol. The van der Waals surface area contributed by atoms with Crippen molar-refractivity contribution in [3.63, 3.8) is 0 Å². The summed E-state index contributed by atoms with van der Waals surface area (Å²) in [4.78, 5) is 13.8. The topological polar surface area (TPSA) is 177 Å². The number of hydrogen-bond donors (Lipinski definition) is 7. The van der Waals surface area contributed by atoms with Gasteiger partial charge in [0.25, 0.3) is 0 Å². The van der Waals surface area contributed by atoms with Gasteiger partial charge in [0.15, 0.2) is 12.1 Å². The lowest BCUT2D eigenvalue weighted by Crippen LogP contribution is -2.61. The Morgan fingerprint density at radius 1 is 1.05 bits per heavy atom. The zero-order valence-corrected chi connectivity index (χ0v) is 26.4. The molecule has 43 heavy (non-hydrogen) atoms. The number of fused-ring (bicyclic) bond motifs is 5. The lowest BCUT2D eigenvalue weighted by atomic mass is 9.46. The molecule has 0 unspecified atom stereocenters. The van der Waals surface area contributed by atoms with Crippen LogP contribution in [0.2, 0.25) is 0 Å². The van der Waals surface area contributed by atoms with Crippen LogP contribution in [0.15, 0.2) is 11.6 Å². The SMILES string of the molecule is C[C@H]([C@H](O)CCC(C)(C)O)[C@H]1CC[C@@]2(O)C3=CC(=O)[C@@H]4C[C@@H](O[C@@H]5O[C@H](CO)[C@@H](O)[C@H](O)[C@H]5O)CC[C@]4(C)[C@H]3CC[C@]12C. The quantitative estimate of drug-likeness (QED) is 0.214. The minimum absolute atomic E-state index is 0.0322. The van der Waals surface area contributed by atoms with Crippen molar-refractivity contribution in [3.8, 4) is 0 Å². The van der Waals surface area contributed by atoms with Crippen molar-refractivity contribution in [1.82, 2.24) is 0 Å². The Balaban J connectivity index is 1.32. The molecule has 0 aromatic rings. The monoisotopic (exact) mass is 610 g/mol. The van der Waals surface area contributed by atoms with Crippen LogP contribution < -0.4 is 0 Å². The van der Waals surface area contributed by atoms with E-state index in [0.717, 1.165) is 24.8 Å². The van der Waals surface area contributed by atoms with Gasteiger partial charge in [0, 0.05) is 11.3 Å². The van der Waals surface area contributed by atoms with E-state index < -0.39 is 66.1 Å². The molecule has 0 spiro atoms. The van der Waals surface area contributed by atoms with Crippen LogP contribution in [0, 0.1) is 34.5 Å². The first-order valence-corrected chi connectivity index (χ1v) is 16.3. The summed E-state index contributed by atoms with van der Waals surface area (Å²) < 4.78 is 11.6. The Labute approximate surface area is 255 Å². The minimum atomic E-state index is -1.52. The number of ketones is 1. The Bertz CT molecular complexity index is 1070. The normalized spacial score (nSPS) is 48.1. The standard InChI is InChI=1S/C33H54O10/c1-17(23(35)9-10-30(2,3)40)19-8-13-33(41)21-15-24(36)22-14-18(6-11-31(22,4)20(21)7-12-32(19,33)5)42-29-28(39)27(38)26(37)25(16-34)43-29/h15,17-20,22-23,25-29,34-35,37-41H,6-14,16H2,1-5H3/t17-,18-,19+,20-,22-,23+,25+,26+,27-,28+,29+,31+,32+,33+/m0/s1. The van der Waals surface area contributed by atoms with Crippen molar-refractivity contribution >= 4 is 5.78 Å². The molecule has 4 aliphatic carbocycles. The summed E-state index contributed by atoms with van der Waals surface area (Å²) in [6, 6.07) is 0. The fourth-order valence-electron chi connectivity index (χ4n) is 9.71. The molecular formula is C33H54O10. The third kappa shape index (κ3) is 5.57. The maximum absolute atomic E-state index is 13.8. The van der Waals surface area contributed by atoms with Gasteiger partial charge in [0.1, 0.15) is 24.4 Å². The largest absolute Gasteiger partial charge is 0.394 e. The molecule has 3 saturated carbocycles. The summed E-state index contributed by atoms with van der Waals surface area (Å²) in [6.45, 7) is 9.29. The van der Waals surface area contributed by atoms with Crippen molar-refractivity contribution < 1.29 is 50.0 Å². The summed E-state index contributed by atoms with van der Waals surface area (Å²) in [5.74, 6) is -0.306. The molecule has 1 heterocycles. The average Bonchev–Trinajstić information content (AvgIpc) is 3.23. The van der Waals surface area contributed by atoms with E-state index in [9.17, 15) is 40.5 Å². The summed E-state index contributed by atoms with van der Waals surface area (Å²) >= 11 is 0. The van der Waals surface area contributed by atoms with E-state index in [4.69, 9.17) is 9.47 Å². The van der Waals surface area contributed by atoms with E-state index in [-0.39, 0.29) is 34.9 Å². The maximum Gasteiger partial charge on any atom is 0.186 e. The summed E-state index contributed by atoms with van der Waals surface area (Å²) in [6.07, 6.45) is -0.458. The lowest BCUT2D eigenvalue weighted by molar-refractivity contribution is -0.315. The van der Waals surface area contributed by atoms with E-state index in [1.807, 2.05) is 0 Å². The molecule has 1 aliphatic heterocycles. The van der Waals surface area contributed by atoms with Crippen molar-refractivity contribution in [2.24, 2.45) is 34.5 Å². The molecule has 14 atom stereocenters. The second kappa shape index (κ2) is 11.7. The van der Waals surface area contributed by atoms with Crippen molar-refractivity contribution in [1.29, 1.82) is 0 Å². The van der Waals surface area contributed by atoms with Crippen molar-refractivity contribution in [2.75, 3.05) is 6.61 Å². The van der Waals surface area contributed by atoms with Gasteiger partial charge in [0.2, 0.25) is 0 Å². The molecule has 246 valence electrons. The van der Waals surface area contributed by atoms with Crippen LogP contribution in [-0.4, -0.2) is 102 Å². The molecule has 5 aliphatic rings. The van der Waals surface area contributed by atoms with Crippen LogP contribution in [0.3, 0.4) is 0 Å². The van der Waals surface area contributed by atoms with Crippen LogP contribution in [0.4, 0.5) is 0 Å². The molecule has 0 aromatic carbocycles. The number of carbonyl (C=O) groups excluding carboxylic acids is 1. The van der Waals surface area contributed by atoms with E-state index in [1.54, 1.807) is 19.9 Å². The number of hydrogen-bond acceptors (Lipinski definition) is 10. The van der Waals surface area contributed by atoms with Crippen LogP contribution in [-0.2, 0) is 14.3 Å². The van der Waals surface area contributed by atoms with Crippen molar-refractivity contribution in [3.05, 3.63) is 11.6 Å². The first kappa shape index (κ1) is 33.4. The van der Waals surface area contributed by atoms with Gasteiger partial charge in [0.05, 0.1) is 30.0 Å². The molecule has 0 amide bonds. The first-order chi connectivity index (χ1) is 20.0. The van der Waals surface area contributed by atoms with Gasteiger partial charge >= 0.3 is 0 Å². The Kier molecular flexibility index (Phi) is 9.08. The maximum atomic E-state index is 13.8. The predicted octanol–water partition coefficient (Wildman–Crippen LogP) is 1.59. The second-order valence-corrected chi connectivity index (χ2v) is 15.6. The van der Waals surface area contributed by atoms with Crippen LogP contribution in [0.25, 0.3) is 0 Å². The van der Waals surface area contributed by atoms with Crippen molar-refractivity contribution in [2.45, 2.75) is 147 Å². The Hall–Kier alpha value is -0.950. The Morgan fingerprint density at radius 2 is 1.74 bits per heavy atom. The molecule has 7 N–H and O–H groups in total. The predicted molar refractivity (Wildman–Crippen MR) is 156 cm³/mol. The smallest absolute Gasteiger partial charge is 0.186 e. The number of aliphatic hydroxyl groups is 7. The molecule has 10 heteroatoms. The highest BCUT2D eigenvalue weighted by Gasteiger charge is 2.66. The fourth-order valence-corrected chi connectivity index (χ4v) is 9.71. The van der Waals surface area contributed by atoms with Gasteiger partial charge < -0.3 is 45.2 Å². The number of ether oxygens (including phenoxy) is 2. The highest BCUT2D eigenvalue weighted by atomic mass is 16.7. The van der Waals surface area contributed by atoms with Gasteiger partial charge in [-0.05, 0) is 106 Å². The van der Waals surface area contributed by atoms with E-state index in [0.29, 0.717) is 38.5 Å². The van der Waals surface area contributed by atoms with Gasteiger partial charge in [-0.25, -0.2) is 0 Å². The summed E-state index contributed by atoms with van der Waals surface area (Å²) in [5, 5.41) is 74.0. The number of rotatable bonds is 8. The average molecular weight is 611 g/mol. The van der Waals surface area contributed by atoms with Crippen LogP contribution >= 0.6 is 0 Å². The van der Waals surface area contributed by atoms with Gasteiger partial charge in [-0.3, -0.25) is 4.79 Å². The zero-order valence-electron chi connectivity index (χ0n) is 26.4. The molecule has 0 aromatic heterocycles. The fraction of sp³-hybridized carbons (Fsp3) is 0.909. The van der Waals surface area contributed by atoms with Gasteiger partial charge in [-0.15, -0.1) is 0 Å². The van der Waals surface area contributed by atoms with E-state index in [2.05, 4.69) is 20.8 Å². The number of allylic oxidation sites excluding steroid dienone is 1. The first-order valence-electron chi connectivity index (χ1n) is 16.3. The number of aliphatic hydroxyl groups excluding tert-OH is 5. The highest BCUT2D eigenvalue weighted by Crippen LogP contribution is 2.68. The molecule has 1 saturated heterocycles. The molecule has 10 nitrogen and oxygen atoms in total. The summed E-state index contributed by atoms with van der Waals surface area (Å²) in [7, 11) is 0. The molecule has 0 bridgehead atoms. The zero-order chi connectivity index (χ0) is 31.7. The third-order valence-corrected chi connectivity index (χ3v) is 12.6. The molecule has 4 fully saturated rings. The molecule has 0 radical (unpaired) electrons. The van der Waals surface area contributed by atoms with Crippen LogP contribution in [0.1, 0.15) is 92.4 Å². The summed E-state index contributed by atoms with van der Waals surface area (Å²) in [5.41, 5.74) is -1.98. The van der Waals surface area contributed by atoms with E-state index >= 15 is 0 Å². The number of carbonyl (C=O) groups is 1.